The maximum Gasteiger partial charge on any atom is 0.236 e. The molecule has 5 nitrogen and oxygen atoms in total. The van der Waals surface area contributed by atoms with Crippen molar-refractivity contribution in [1.82, 2.24) is 15.1 Å². The lowest BCUT2D eigenvalue weighted by molar-refractivity contribution is -0.132. The SMILES string of the molecule is CCOc1ccc(CN2CCN(C(=O)CNCC3CC3)CC2)cc1. The van der Waals surface area contributed by atoms with Crippen LogP contribution in [-0.4, -0.2) is 61.6 Å². The monoisotopic (exact) mass is 331 g/mol. The zero-order chi connectivity index (χ0) is 16.8. The smallest absolute Gasteiger partial charge is 0.236 e. The number of rotatable bonds is 8. The third kappa shape index (κ3) is 5.21. The summed E-state index contributed by atoms with van der Waals surface area (Å²) in [5, 5.41) is 3.29. The third-order valence-corrected chi connectivity index (χ3v) is 4.77. The highest BCUT2D eigenvalue weighted by Gasteiger charge is 2.23. The Morgan fingerprint density at radius 2 is 1.88 bits per heavy atom. The molecular formula is C19H29N3O2. The van der Waals surface area contributed by atoms with Gasteiger partial charge in [-0.3, -0.25) is 9.69 Å². The van der Waals surface area contributed by atoms with Gasteiger partial charge in [0.05, 0.1) is 13.2 Å². The van der Waals surface area contributed by atoms with Gasteiger partial charge in [-0.05, 0) is 49.9 Å². The Balaban J connectivity index is 1.37. The van der Waals surface area contributed by atoms with Crippen molar-refractivity contribution in [2.75, 3.05) is 45.9 Å². The van der Waals surface area contributed by atoms with E-state index in [1.165, 1.54) is 18.4 Å². The van der Waals surface area contributed by atoms with E-state index in [1.54, 1.807) is 0 Å². The fraction of sp³-hybridized carbons (Fsp3) is 0.632. The van der Waals surface area contributed by atoms with Crippen molar-refractivity contribution in [3.05, 3.63) is 29.8 Å². The lowest BCUT2D eigenvalue weighted by atomic mass is 10.2. The van der Waals surface area contributed by atoms with E-state index in [-0.39, 0.29) is 5.91 Å². The minimum absolute atomic E-state index is 0.247. The van der Waals surface area contributed by atoms with E-state index >= 15 is 0 Å². The Bertz CT molecular complexity index is 520. The minimum atomic E-state index is 0.247. The van der Waals surface area contributed by atoms with Crippen molar-refractivity contribution in [1.29, 1.82) is 0 Å². The Hall–Kier alpha value is -1.59. The zero-order valence-electron chi connectivity index (χ0n) is 14.7. The van der Waals surface area contributed by atoms with Gasteiger partial charge in [-0.2, -0.15) is 0 Å². The van der Waals surface area contributed by atoms with Gasteiger partial charge in [0.15, 0.2) is 0 Å². The summed E-state index contributed by atoms with van der Waals surface area (Å²) >= 11 is 0. The summed E-state index contributed by atoms with van der Waals surface area (Å²) in [6, 6.07) is 8.32. The normalized spacial score (nSPS) is 18.6. The van der Waals surface area contributed by atoms with Crippen molar-refractivity contribution in [2.45, 2.75) is 26.3 Å². The number of nitrogens with zero attached hydrogens (tertiary/aromatic N) is 2. The van der Waals surface area contributed by atoms with Crippen LogP contribution in [0.3, 0.4) is 0 Å². The predicted molar refractivity (Wildman–Crippen MR) is 95.1 cm³/mol. The van der Waals surface area contributed by atoms with Crippen molar-refractivity contribution in [3.8, 4) is 5.75 Å². The quantitative estimate of drug-likeness (QED) is 0.788. The van der Waals surface area contributed by atoms with Gasteiger partial charge in [0.25, 0.3) is 0 Å². The molecule has 0 radical (unpaired) electrons. The maximum atomic E-state index is 12.2. The van der Waals surface area contributed by atoms with Crippen LogP contribution in [0.5, 0.6) is 5.75 Å². The second-order valence-corrected chi connectivity index (χ2v) is 6.81. The summed E-state index contributed by atoms with van der Waals surface area (Å²) < 4.78 is 5.48. The molecule has 1 N–H and O–H groups in total. The van der Waals surface area contributed by atoms with Crippen LogP contribution in [0.15, 0.2) is 24.3 Å². The maximum absolute atomic E-state index is 12.2. The highest BCUT2D eigenvalue weighted by Crippen LogP contribution is 2.27. The number of carbonyl (C=O) groups excluding carboxylic acids is 1. The third-order valence-electron chi connectivity index (χ3n) is 4.77. The molecule has 1 aromatic rings. The van der Waals surface area contributed by atoms with E-state index in [0.717, 1.165) is 50.9 Å². The highest BCUT2D eigenvalue weighted by molar-refractivity contribution is 5.78. The summed E-state index contributed by atoms with van der Waals surface area (Å²) in [5.74, 6) is 2.00. The molecule has 2 aliphatic rings. The molecule has 1 aliphatic carbocycles. The average Bonchev–Trinajstić information content (AvgIpc) is 3.42. The molecule has 1 aromatic carbocycles. The molecule has 1 saturated heterocycles. The molecule has 3 rings (SSSR count). The topological polar surface area (TPSA) is 44.8 Å². The Kier molecular flexibility index (Phi) is 6.10. The Morgan fingerprint density at radius 1 is 1.17 bits per heavy atom. The van der Waals surface area contributed by atoms with Crippen LogP contribution in [-0.2, 0) is 11.3 Å². The van der Waals surface area contributed by atoms with Crippen LogP contribution in [0, 0.1) is 5.92 Å². The molecule has 0 unspecified atom stereocenters. The van der Waals surface area contributed by atoms with Gasteiger partial charge < -0.3 is 15.0 Å². The molecule has 1 saturated carbocycles. The summed E-state index contributed by atoms with van der Waals surface area (Å²) in [7, 11) is 0. The van der Waals surface area contributed by atoms with Crippen LogP contribution >= 0.6 is 0 Å². The molecule has 0 bridgehead atoms. The fourth-order valence-corrected chi connectivity index (χ4v) is 3.09. The van der Waals surface area contributed by atoms with Gasteiger partial charge in [-0.1, -0.05) is 12.1 Å². The first-order valence-electron chi connectivity index (χ1n) is 9.17. The first-order chi connectivity index (χ1) is 11.7. The van der Waals surface area contributed by atoms with Gasteiger partial charge in [0.2, 0.25) is 5.91 Å². The number of hydrogen-bond donors (Lipinski definition) is 1. The van der Waals surface area contributed by atoms with Gasteiger partial charge in [0.1, 0.15) is 5.75 Å². The largest absolute Gasteiger partial charge is 0.494 e. The molecule has 1 amide bonds. The van der Waals surface area contributed by atoms with Crippen molar-refractivity contribution in [2.24, 2.45) is 5.92 Å². The second kappa shape index (κ2) is 8.49. The summed E-state index contributed by atoms with van der Waals surface area (Å²) in [6.45, 7) is 8.69. The van der Waals surface area contributed by atoms with E-state index in [0.29, 0.717) is 13.2 Å². The zero-order valence-corrected chi connectivity index (χ0v) is 14.7. The van der Waals surface area contributed by atoms with E-state index < -0.39 is 0 Å². The van der Waals surface area contributed by atoms with Crippen LogP contribution in [0.4, 0.5) is 0 Å². The number of hydrogen-bond acceptors (Lipinski definition) is 4. The molecular weight excluding hydrogens is 302 g/mol. The molecule has 0 atom stereocenters. The summed E-state index contributed by atoms with van der Waals surface area (Å²) in [6.07, 6.45) is 2.65. The minimum Gasteiger partial charge on any atom is -0.494 e. The van der Waals surface area contributed by atoms with Crippen molar-refractivity contribution < 1.29 is 9.53 Å². The molecule has 1 heterocycles. The number of piperazine rings is 1. The van der Waals surface area contributed by atoms with E-state index in [9.17, 15) is 4.79 Å². The lowest BCUT2D eigenvalue weighted by Gasteiger charge is -2.34. The number of ether oxygens (including phenoxy) is 1. The van der Waals surface area contributed by atoms with E-state index in [2.05, 4.69) is 22.3 Å². The Morgan fingerprint density at radius 3 is 2.50 bits per heavy atom. The number of amides is 1. The molecule has 0 spiro atoms. The van der Waals surface area contributed by atoms with Crippen LogP contribution in [0.25, 0.3) is 0 Å². The molecule has 1 aliphatic heterocycles. The first kappa shape index (κ1) is 17.2. The summed E-state index contributed by atoms with van der Waals surface area (Å²) in [4.78, 5) is 16.6. The second-order valence-electron chi connectivity index (χ2n) is 6.81. The van der Waals surface area contributed by atoms with Crippen molar-refractivity contribution in [3.63, 3.8) is 0 Å². The molecule has 0 aromatic heterocycles. The first-order valence-corrected chi connectivity index (χ1v) is 9.17. The molecule has 5 heteroatoms. The van der Waals surface area contributed by atoms with Crippen LogP contribution in [0.1, 0.15) is 25.3 Å². The predicted octanol–water partition coefficient (Wildman–Crippen LogP) is 1.73. The highest BCUT2D eigenvalue weighted by atomic mass is 16.5. The van der Waals surface area contributed by atoms with Gasteiger partial charge in [0, 0.05) is 32.7 Å². The molecule has 2 fully saturated rings. The van der Waals surface area contributed by atoms with Crippen LogP contribution < -0.4 is 10.1 Å². The van der Waals surface area contributed by atoms with Gasteiger partial charge in [-0.15, -0.1) is 0 Å². The van der Waals surface area contributed by atoms with Gasteiger partial charge >= 0.3 is 0 Å². The van der Waals surface area contributed by atoms with Gasteiger partial charge in [-0.25, -0.2) is 0 Å². The Labute approximate surface area is 145 Å². The van der Waals surface area contributed by atoms with Crippen LogP contribution in [0.2, 0.25) is 0 Å². The lowest BCUT2D eigenvalue weighted by Crippen LogP contribution is -2.50. The standard InChI is InChI=1S/C19H29N3O2/c1-2-24-18-7-5-17(6-8-18)15-21-9-11-22(12-10-21)19(23)14-20-13-16-3-4-16/h5-8,16,20H,2-4,9-15H2,1H3. The number of benzene rings is 1. The van der Waals surface area contributed by atoms with Crippen molar-refractivity contribution >= 4 is 5.91 Å². The van der Waals surface area contributed by atoms with E-state index in [4.69, 9.17) is 4.74 Å². The number of nitrogens with one attached hydrogen (secondary N) is 1. The summed E-state index contributed by atoms with van der Waals surface area (Å²) in [5.41, 5.74) is 1.30. The molecule has 24 heavy (non-hydrogen) atoms. The van der Waals surface area contributed by atoms with E-state index in [1.807, 2.05) is 24.0 Å². The average molecular weight is 331 g/mol. The molecule has 132 valence electrons. The number of carbonyl (C=O) groups is 1. The fourth-order valence-electron chi connectivity index (χ4n) is 3.09.